The highest BCUT2D eigenvalue weighted by atomic mass is 35.5. The van der Waals surface area contributed by atoms with Crippen LogP contribution in [0.15, 0.2) is 39.0 Å². The summed E-state index contributed by atoms with van der Waals surface area (Å²) in [6.07, 6.45) is 3.41. The van der Waals surface area contributed by atoms with Gasteiger partial charge in [-0.2, -0.15) is 4.98 Å². The molecule has 9 heteroatoms. The lowest BCUT2D eigenvalue weighted by molar-refractivity contribution is -0.163. The SMILES string of the molecule is CCSc1nc(=O)n(CCCOC2CCCCO2)c(=O)n1Cc1ccc(Cl)cc1. The first kappa shape index (κ1) is 22.1. The largest absolute Gasteiger partial charge is 0.354 e. The van der Waals surface area contributed by atoms with Gasteiger partial charge in [0.05, 0.1) is 13.2 Å². The second-order valence-electron chi connectivity index (χ2n) is 6.78. The van der Waals surface area contributed by atoms with E-state index in [9.17, 15) is 9.59 Å². The summed E-state index contributed by atoms with van der Waals surface area (Å²) in [5, 5.41) is 1.06. The van der Waals surface area contributed by atoms with Gasteiger partial charge in [-0.1, -0.05) is 42.4 Å². The third-order valence-corrected chi connectivity index (χ3v) is 5.72. The summed E-state index contributed by atoms with van der Waals surface area (Å²) in [6.45, 7) is 3.70. The van der Waals surface area contributed by atoms with E-state index in [0.29, 0.717) is 35.5 Å². The molecule has 0 spiro atoms. The Labute approximate surface area is 179 Å². The van der Waals surface area contributed by atoms with Crippen LogP contribution in [0.5, 0.6) is 0 Å². The molecule has 0 radical (unpaired) electrons. The van der Waals surface area contributed by atoms with Crippen LogP contribution in [0.25, 0.3) is 0 Å². The smallest absolute Gasteiger partial charge is 0.353 e. The van der Waals surface area contributed by atoms with Gasteiger partial charge in [-0.3, -0.25) is 4.57 Å². The molecule has 0 saturated carbocycles. The number of nitrogens with zero attached hydrogens (tertiary/aromatic N) is 3. The van der Waals surface area contributed by atoms with E-state index in [1.165, 1.54) is 16.3 Å². The first-order valence-electron chi connectivity index (χ1n) is 9.90. The van der Waals surface area contributed by atoms with E-state index < -0.39 is 5.69 Å². The molecule has 1 aromatic carbocycles. The Bertz CT molecular complexity index is 907. The fourth-order valence-electron chi connectivity index (χ4n) is 3.13. The fraction of sp³-hybridized carbons (Fsp3) is 0.550. The minimum atomic E-state index is -0.521. The zero-order valence-electron chi connectivity index (χ0n) is 16.5. The van der Waals surface area contributed by atoms with E-state index in [-0.39, 0.29) is 18.5 Å². The Morgan fingerprint density at radius 1 is 1.24 bits per heavy atom. The van der Waals surface area contributed by atoms with Crippen molar-refractivity contribution < 1.29 is 9.47 Å². The number of rotatable bonds is 9. The van der Waals surface area contributed by atoms with Crippen molar-refractivity contribution in [3.63, 3.8) is 0 Å². The third kappa shape index (κ3) is 6.18. The van der Waals surface area contributed by atoms with Crippen molar-refractivity contribution >= 4 is 23.4 Å². The molecule has 1 aliphatic heterocycles. The van der Waals surface area contributed by atoms with Crippen LogP contribution in [-0.2, 0) is 22.6 Å². The average Bonchev–Trinajstić information content (AvgIpc) is 2.72. The maximum atomic E-state index is 13.0. The Morgan fingerprint density at radius 2 is 2.03 bits per heavy atom. The summed E-state index contributed by atoms with van der Waals surface area (Å²) in [4.78, 5) is 29.6. The van der Waals surface area contributed by atoms with E-state index >= 15 is 0 Å². The second kappa shape index (κ2) is 11.0. The van der Waals surface area contributed by atoms with Gasteiger partial charge in [0.25, 0.3) is 0 Å². The Kier molecular flexibility index (Phi) is 8.35. The molecule has 29 heavy (non-hydrogen) atoms. The van der Waals surface area contributed by atoms with Gasteiger partial charge in [0, 0.05) is 18.2 Å². The normalized spacial score (nSPS) is 16.8. The van der Waals surface area contributed by atoms with E-state index in [1.807, 2.05) is 19.1 Å². The van der Waals surface area contributed by atoms with Crippen molar-refractivity contribution in [1.82, 2.24) is 14.1 Å². The van der Waals surface area contributed by atoms with Crippen molar-refractivity contribution in [2.24, 2.45) is 0 Å². The Balaban J connectivity index is 1.73. The lowest BCUT2D eigenvalue weighted by Crippen LogP contribution is -2.43. The van der Waals surface area contributed by atoms with Gasteiger partial charge in [-0.15, -0.1) is 0 Å². The van der Waals surface area contributed by atoms with Gasteiger partial charge in [0.15, 0.2) is 11.4 Å². The molecule has 158 valence electrons. The zero-order valence-corrected chi connectivity index (χ0v) is 18.1. The molecule has 0 aliphatic carbocycles. The Morgan fingerprint density at radius 3 is 2.72 bits per heavy atom. The number of halogens is 1. The topological polar surface area (TPSA) is 75.4 Å². The summed E-state index contributed by atoms with van der Waals surface area (Å²) in [5.74, 6) is 0.714. The van der Waals surface area contributed by atoms with Crippen LogP contribution < -0.4 is 11.4 Å². The standard InChI is InChI=1S/C20H26ClN3O4S/c1-2-29-19-22-18(25)23(11-5-13-28-17-6-3-4-12-27-17)20(26)24(19)14-15-7-9-16(21)10-8-15/h7-10,17H,2-6,11-14H2,1H3. The van der Waals surface area contributed by atoms with Crippen LogP contribution in [0.3, 0.4) is 0 Å². The molecule has 7 nitrogen and oxygen atoms in total. The molecule has 1 saturated heterocycles. The van der Waals surface area contributed by atoms with Crippen molar-refractivity contribution in [2.75, 3.05) is 19.0 Å². The fourth-order valence-corrected chi connectivity index (χ4v) is 3.96. The molecule has 1 atom stereocenters. The summed E-state index contributed by atoms with van der Waals surface area (Å²) in [6, 6.07) is 7.29. The summed E-state index contributed by atoms with van der Waals surface area (Å²) in [7, 11) is 0. The number of thioether (sulfide) groups is 1. The van der Waals surface area contributed by atoms with E-state index in [2.05, 4.69) is 4.98 Å². The molecule has 1 aromatic heterocycles. The van der Waals surface area contributed by atoms with Crippen molar-refractivity contribution in [2.45, 2.75) is 57.1 Å². The van der Waals surface area contributed by atoms with Gasteiger partial charge in [0.1, 0.15) is 0 Å². The minimum Gasteiger partial charge on any atom is -0.353 e. The predicted octanol–water partition coefficient (Wildman–Crippen LogP) is 3.15. The quantitative estimate of drug-likeness (QED) is 0.441. The molecule has 0 N–H and O–H groups in total. The molecule has 1 aliphatic rings. The van der Waals surface area contributed by atoms with Crippen LogP contribution >= 0.6 is 23.4 Å². The second-order valence-corrected chi connectivity index (χ2v) is 8.44. The van der Waals surface area contributed by atoms with Crippen LogP contribution in [-0.4, -0.2) is 39.4 Å². The zero-order chi connectivity index (χ0) is 20.6. The van der Waals surface area contributed by atoms with Crippen molar-refractivity contribution in [3.05, 3.63) is 55.8 Å². The third-order valence-electron chi connectivity index (χ3n) is 4.61. The number of benzene rings is 1. The number of hydrogen-bond donors (Lipinski definition) is 0. The minimum absolute atomic E-state index is 0.177. The summed E-state index contributed by atoms with van der Waals surface area (Å²) < 4.78 is 14.0. The highest BCUT2D eigenvalue weighted by Crippen LogP contribution is 2.16. The van der Waals surface area contributed by atoms with Crippen LogP contribution in [0.2, 0.25) is 5.02 Å². The van der Waals surface area contributed by atoms with Gasteiger partial charge in [0.2, 0.25) is 0 Å². The van der Waals surface area contributed by atoms with Gasteiger partial charge >= 0.3 is 11.4 Å². The lowest BCUT2D eigenvalue weighted by Gasteiger charge is -2.22. The first-order valence-corrected chi connectivity index (χ1v) is 11.3. The van der Waals surface area contributed by atoms with Gasteiger partial charge in [-0.25, -0.2) is 14.2 Å². The maximum absolute atomic E-state index is 13.0. The molecular weight excluding hydrogens is 414 g/mol. The molecule has 0 bridgehead atoms. The number of hydrogen-bond acceptors (Lipinski definition) is 6. The Hall–Kier alpha value is -1.61. The monoisotopic (exact) mass is 439 g/mol. The van der Waals surface area contributed by atoms with Crippen LogP contribution in [0, 0.1) is 0 Å². The molecule has 2 aromatic rings. The molecular formula is C20H26ClN3O4S. The van der Waals surface area contributed by atoms with Crippen molar-refractivity contribution in [3.8, 4) is 0 Å². The molecule has 1 unspecified atom stereocenters. The van der Waals surface area contributed by atoms with Crippen LogP contribution in [0.4, 0.5) is 0 Å². The highest BCUT2D eigenvalue weighted by Gasteiger charge is 2.16. The van der Waals surface area contributed by atoms with E-state index in [1.54, 1.807) is 16.7 Å². The molecule has 2 heterocycles. The predicted molar refractivity (Wildman–Crippen MR) is 114 cm³/mol. The van der Waals surface area contributed by atoms with E-state index in [0.717, 1.165) is 31.4 Å². The van der Waals surface area contributed by atoms with Crippen molar-refractivity contribution in [1.29, 1.82) is 0 Å². The van der Waals surface area contributed by atoms with Crippen LogP contribution in [0.1, 0.15) is 38.2 Å². The van der Waals surface area contributed by atoms with Gasteiger partial charge in [-0.05, 0) is 49.1 Å². The first-order chi connectivity index (χ1) is 14.1. The molecule has 3 rings (SSSR count). The highest BCUT2D eigenvalue weighted by molar-refractivity contribution is 7.99. The maximum Gasteiger partial charge on any atom is 0.354 e. The average molecular weight is 440 g/mol. The molecule has 1 fully saturated rings. The van der Waals surface area contributed by atoms with Gasteiger partial charge < -0.3 is 9.47 Å². The summed E-state index contributed by atoms with van der Waals surface area (Å²) in [5.41, 5.74) is 0.0382. The lowest BCUT2D eigenvalue weighted by atomic mass is 10.2. The number of aromatic nitrogens is 3. The molecule has 0 amide bonds. The number of ether oxygens (including phenoxy) is 2. The van der Waals surface area contributed by atoms with E-state index in [4.69, 9.17) is 21.1 Å². The summed E-state index contributed by atoms with van der Waals surface area (Å²) >= 11 is 7.33.